The SMILES string of the molecule is C[C@@H]1CN(CCCCNc2ncc([N+](=O)[O-])c(N)n2)C[C@H](C)O1. The number of hydrogen-bond donors (Lipinski definition) is 2. The Morgan fingerprint density at radius 3 is 2.74 bits per heavy atom. The Morgan fingerprint density at radius 2 is 2.13 bits per heavy atom. The second kappa shape index (κ2) is 8.02. The number of anilines is 2. The monoisotopic (exact) mass is 324 g/mol. The minimum Gasteiger partial charge on any atom is -0.378 e. The van der Waals surface area contributed by atoms with E-state index >= 15 is 0 Å². The van der Waals surface area contributed by atoms with Crippen LogP contribution in [0.3, 0.4) is 0 Å². The third-order valence-corrected chi connectivity index (χ3v) is 3.67. The Labute approximate surface area is 135 Å². The summed E-state index contributed by atoms with van der Waals surface area (Å²) in [7, 11) is 0. The molecule has 128 valence electrons. The molecule has 0 saturated carbocycles. The van der Waals surface area contributed by atoms with Crippen LogP contribution in [-0.4, -0.2) is 58.2 Å². The summed E-state index contributed by atoms with van der Waals surface area (Å²) < 4.78 is 5.71. The molecule has 0 unspecified atom stereocenters. The van der Waals surface area contributed by atoms with Crippen molar-refractivity contribution in [2.24, 2.45) is 0 Å². The van der Waals surface area contributed by atoms with Crippen molar-refractivity contribution in [2.75, 3.05) is 37.2 Å². The van der Waals surface area contributed by atoms with Gasteiger partial charge in [-0.2, -0.15) is 4.98 Å². The van der Waals surface area contributed by atoms with Gasteiger partial charge in [0, 0.05) is 19.6 Å². The van der Waals surface area contributed by atoms with Crippen LogP contribution in [-0.2, 0) is 4.74 Å². The zero-order valence-electron chi connectivity index (χ0n) is 13.6. The van der Waals surface area contributed by atoms with Crippen LogP contribution in [0.15, 0.2) is 6.20 Å². The number of hydrogen-bond acceptors (Lipinski definition) is 8. The first-order valence-electron chi connectivity index (χ1n) is 7.84. The van der Waals surface area contributed by atoms with Gasteiger partial charge in [0.05, 0.1) is 17.1 Å². The second-order valence-corrected chi connectivity index (χ2v) is 5.87. The molecule has 2 rings (SSSR count). The van der Waals surface area contributed by atoms with Crippen LogP contribution < -0.4 is 11.1 Å². The van der Waals surface area contributed by atoms with Gasteiger partial charge >= 0.3 is 5.69 Å². The Bertz CT molecular complexity index is 531. The van der Waals surface area contributed by atoms with Crippen LogP contribution in [0.25, 0.3) is 0 Å². The van der Waals surface area contributed by atoms with Crippen LogP contribution in [0.1, 0.15) is 26.7 Å². The van der Waals surface area contributed by atoms with Gasteiger partial charge in [0.1, 0.15) is 6.20 Å². The summed E-state index contributed by atoms with van der Waals surface area (Å²) in [4.78, 5) is 20.2. The molecule has 0 aliphatic carbocycles. The average molecular weight is 324 g/mol. The first-order valence-corrected chi connectivity index (χ1v) is 7.84. The van der Waals surface area contributed by atoms with Gasteiger partial charge < -0.3 is 15.8 Å². The van der Waals surface area contributed by atoms with Crippen molar-refractivity contribution in [2.45, 2.75) is 38.9 Å². The summed E-state index contributed by atoms with van der Waals surface area (Å²) in [6.07, 6.45) is 3.71. The highest BCUT2D eigenvalue weighted by Crippen LogP contribution is 2.18. The van der Waals surface area contributed by atoms with E-state index in [1.807, 2.05) is 0 Å². The molecule has 0 amide bonds. The van der Waals surface area contributed by atoms with Crippen molar-refractivity contribution in [1.29, 1.82) is 0 Å². The first kappa shape index (κ1) is 17.4. The van der Waals surface area contributed by atoms with Crippen LogP contribution >= 0.6 is 0 Å². The number of rotatable bonds is 7. The van der Waals surface area contributed by atoms with Crippen molar-refractivity contribution in [3.8, 4) is 0 Å². The highest BCUT2D eigenvalue weighted by atomic mass is 16.6. The smallest absolute Gasteiger partial charge is 0.329 e. The molecule has 3 N–H and O–H groups in total. The fourth-order valence-corrected chi connectivity index (χ4v) is 2.74. The Balaban J connectivity index is 1.67. The molecule has 9 nitrogen and oxygen atoms in total. The Kier molecular flexibility index (Phi) is 6.05. The number of unbranched alkanes of at least 4 members (excludes halogenated alkanes) is 1. The first-order chi connectivity index (χ1) is 11.0. The van der Waals surface area contributed by atoms with Gasteiger partial charge in [-0.3, -0.25) is 15.0 Å². The van der Waals surface area contributed by atoms with Crippen molar-refractivity contribution in [3.63, 3.8) is 0 Å². The molecular weight excluding hydrogens is 300 g/mol. The van der Waals surface area contributed by atoms with E-state index in [4.69, 9.17) is 10.5 Å². The van der Waals surface area contributed by atoms with Crippen LogP contribution in [0, 0.1) is 10.1 Å². The van der Waals surface area contributed by atoms with Gasteiger partial charge in [-0.05, 0) is 33.2 Å². The Morgan fingerprint density at radius 1 is 1.43 bits per heavy atom. The molecule has 0 bridgehead atoms. The van der Waals surface area contributed by atoms with Crippen LogP contribution in [0.5, 0.6) is 0 Å². The number of morpholine rings is 1. The number of nitrogens with two attached hydrogens (primary N) is 1. The highest BCUT2D eigenvalue weighted by molar-refractivity contribution is 5.53. The van der Waals surface area contributed by atoms with Gasteiger partial charge in [0.2, 0.25) is 11.8 Å². The number of aromatic nitrogens is 2. The van der Waals surface area contributed by atoms with Gasteiger partial charge in [0.15, 0.2) is 0 Å². The minimum absolute atomic E-state index is 0.121. The molecule has 0 spiro atoms. The molecule has 1 saturated heterocycles. The van der Waals surface area contributed by atoms with E-state index in [0.717, 1.165) is 38.7 Å². The maximum Gasteiger partial charge on any atom is 0.329 e. The maximum absolute atomic E-state index is 10.6. The summed E-state index contributed by atoms with van der Waals surface area (Å²) >= 11 is 0. The minimum atomic E-state index is -0.594. The number of nitrogen functional groups attached to an aromatic ring is 1. The van der Waals surface area contributed by atoms with Crippen molar-refractivity contribution >= 4 is 17.5 Å². The summed E-state index contributed by atoms with van der Waals surface area (Å²) in [5, 5.41) is 13.7. The fraction of sp³-hybridized carbons (Fsp3) is 0.714. The number of ether oxygens (including phenoxy) is 1. The normalized spacial score (nSPS) is 22.0. The molecule has 1 aromatic heterocycles. The van der Waals surface area contributed by atoms with Crippen molar-refractivity contribution in [1.82, 2.24) is 14.9 Å². The molecule has 1 aliphatic heterocycles. The molecule has 1 fully saturated rings. The van der Waals surface area contributed by atoms with E-state index in [9.17, 15) is 10.1 Å². The molecule has 0 aromatic carbocycles. The van der Waals surface area contributed by atoms with Gasteiger partial charge in [0.25, 0.3) is 0 Å². The summed E-state index contributed by atoms with van der Waals surface area (Å²) in [5.74, 6) is 0.200. The molecular formula is C14H24N6O3. The maximum atomic E-state index is 10.6. The quantitative estimate of drug-likeness (QED) is 0.437. The van der Waals surface area contributed by atoms with E-state index in [1.165, 1.54) is 0 Å². The lowest BCUT2D eigenvalue weighted by Crippen LogP contribution is -2.45. The molecule has 1 aliphatic rings. The van der Waals surface area contributed by atoms with Crippen molar-refractivity contribution < 1.29 is 9.66 Å². The molecule has 23 heavy (non-hydrogen) atoms. The predicted molar refractivity (Wildman–Crippen MR) is 87.3 cm³/mol. The molecule has 0 radical (unpaired) electrons. The van der Waals surface area contributed by atoms with Crippen molar-refractivity contribution in [3.05, 3.63) is 16.3 Å². The molecule has 9 heteroatoms. The zero-order chi connectivity index (χ0) is 16.8. The average Bonchev–Trinajstić information content (AvgIpc) is 2.45. The molecule has 2 heterocycles. The molecule has 2 atom stereocenters. The lowest BCUT2D eigenvalue weighted by molar-refractivity contribution is -0.384. The predicted octanol–water partition coefficient (Wildman–Crippen LogP) is 1.27. The number of nitro groups is 1. The zero-order valence-corrected chi connectivity index (χ0v) is 13.6. The van der Waals surface area contributed by atoms with Gasteiger partial charge in [-0.25, -0.2) is 4.98 Å². The van der Waals surface area contributed by atoms with Gasteiger partial charge in [-0.15, -0.1) is 0 Å². The standard InChI is InChI=1S/C14H24N6O3/c1-10-8-19(9-11(2)23-10)6-4-3-5-16-14-17-7-12(20(21)22)13(15)18-14/h7,10-11H,3-6,8-9H2,1-2H3,(H3,15,16,17,18)/t10-,11+. The highest BCUT2D eigenvalue weighted by Gasteiger charge is 2.21. The second-order valence-electron chi connectivity index (χ2n) is 5.87. The topological polar surface area (TPSA) is 119 Å². The largest absolute Gasteiger partial charge is 0.378 e. The Hall–Kier alpha value is -2.00. The van der Waals surface area contributed by atoms with E-state index in [0.29, 0.717) is 12.5 Å². The molecule has 1 aromatic rings. The van der Waals surface area contributed by atoms with E-state index in [1.54, 1.807) is 0 Å². The number of nitrogens with zero attached hydrogens (tertiary/aromatic N) is 4. The fourth-order valence-electron chi connectivity index (χ4n) is 2.74. The third kappa shape index (κ3) is 5.29. The lowest BCUT2D eigenvalue weighted by Gasteiger charge is -2.35. The van der Waals surface area contributed by atoms with Crippen LogP contribution in [0.4, 0.5) is 17.5 Å². The van der Waals surface area contributed by atoms with Crippen LogP contribution in [0.2, 0.25) is 0 Å². The van der Waals surface area contributed by atoms with E-state index < -0.39 is 4.92 Å². The van der Waals surface area contributed by atoms with Gasteiger partial charge in [-0.1, -0.05) is 0 Å². The van der Waals surface area contributed by atoms with E-state index in [2.05, 4.69) is 34.0 Å². The number of nitrogens with one attached hydrogen (secondary N) is 1. The lowest BCUT2D eigenvalue weighted by atomic mass is 10.2. The summed E-state index contributed by atoms with van der Waals surface area (Å²) in [6.45, 7) is 7.87. The van der Waals surface area contributed by atoms with E-state index in [-0.39, 0.29) is 23.7 Å². The summed E-state index contributed by atoms with van der Waals surface area (Å²) in [5.41, 5.74) is 5.25. The summed E-state index contributed by atoms with van der Waals surface area (Å²) in [6, 6.07) is 0. The third-order valence-electron chi connectivity index (χ3n) is 3.67.